The highest BCUT2D eigenvalue weighted by atomic mass is 16.2. The number of imide groups is 1. The van der Waals surface area contributed by atoms with Gasteiger partial charge in [-0.15, -0.1) is 0 Å². The van der Waals surface area contributed by atoms with E-state index >= 15 is 0 Å². The van der Waals surface area contributed by atoms with Crippen molar-refractivity contribution in [2.45, 2.75) is 6.42 Å². The fourth-order valence-electron chi connectivity index (χ4n) is 1.81. The average Bonchev–Trinajstić information content (AvgIpc) is 2.62. The van der Waals surface area contributed by atoms with Crippen LogP contribution in [0.15, 0.2) is 18.2 Å². The van der Waals surface area contributed by atoms with Crippen LogP contribution in [0.3, 0.4) is 0 Å². The Bertz CT molecular complexity index is 457. The summed E-state index contributed by atoms with van der Waals surface area (Å²) in [5, 5.41) is 5.46. The van der Waals surface area contributed by atoms with Crippen LogP contribution in [0.2, 0.25) is 0 Å². The van der Waals surface area contributed by atoms with Gasteiger partial charge >= 0.3 is 6.03 Å². The number of anilines is 2. The normalized spacial score (nSPS) is 13.6. The lowest BCUT2D eigenvalue weighted by Crippen LogP contribution is -2.40. The molecule has 0 aromatic heterocycles. The fraction of sp³-hybridized carbons (Fsp3) is 0.273. The van der Waals surface area contributed by atoms with Crippen molar-refractivity contribution in [3.63, 3.8) is 0 Å². The lowest BCUT2D eigenvalue weighted by molar-refractivity contribution is -0.116. The number of urea groups is 1. The Morgan fingerprint density at radius 1 is 1.38 bits per heavy atom. The Hall–Kier alpha value is -2.04. The topological polar surface area (TPSA) is 61.4 Å². The Morgan fingerprint density at radius 3 is 2.75 bits per heavy atom. The summed E-state index contributed by atoms with van der Waals surface area (Å²) in [4.78, 5) is 24.4. The maximum absolute atomic E-state index is 11.7. The highest BCUT2D eigenvalue weighted by Crippen LogP contribution is 2.31. The molecular formula is C11H13N3O2. The molecule has 5 nitrogen and oxygen atoms in total. The minimum Gasteiger partial charge on any atom is -0.388 e. The van der Waals surface area contributed by atoms with Gasteiger partial charge in [-0.2, -0.15) is 0 Å². The molecule has 0 radical (unpaired) electrons. The molecule has 0 atom stereocenters. The minimum absolute atomic E-state index is 0.192. The summed E-state index contributed by atoms with van der Waals surface area (Å²) in [6, 6.07) is 5.12. The lowest BCUT2D eigenvalue weighted by Gasteiger charge is -2.14. The van der Waals surface area contributed by atoms with E-state index in [1.54, 1.807) is 6.07 Å². The maximum Gasteiger partial charge on any atom is 0.328 e. The third-order valence-corrected chi connectivity index (χ3v) is 2.62. The average molecular weight is 219 g/mol. The highest BCUT2D eigenvalue weighted by Gasteiger charge is 2.31. The van der Waals surface area contributed by atoms with Crippen LogP contribution in [-0.4, -0.2) is 26.0 Å². The van der Waals surface area contributed by atoms with Crippen LogP contribution in [0.5, 0.6) is 0 Å². The molecule has 1 aromatic carbocycles. The van der Waals surface area contributed by atoms with Gasteiger partial charge in [-0.3, -0.25) is 4.79 Å². The van der Waals surface area contributed by atoms with Gasteiger partial charge in [-0.1, -0.05) is 0 Å². The number of carbonyl (C=O) groups excluding carboxylic acids is 2. The second-order valence-electron chi connectivity index (χ2n) is 3.55. The Labute approximate surface area is 93.4 Å². The number of hydrogen-bond acceptors (Lipinski definition) is 3. The van der Waals surface area contributed by atoms with E-state index in [1.165, 1.54) is 11.9 Å². The molecule has 5 heteroatoms. The zero-order valence-electron chi connectivity index (χ0n) is 9.20. The summed E-state index contributed by atoms with van der Waals surface area (Å²) < 4.78 is 0. The summed E-state index contributed by atoms with van der Waals surface area (Å²) in [5.41, 5.74) is 2.48. The van der Waals surface area contributed by atoms with Crippen molar-refractivity contribution in [1.82, 2.24) is 5.32 Å². The van der Waals surface area contributed by atoms with Gasteiger partial charge in [0.2, 0.25) is 5.91 Å². The molecular weight excluding hydrogens is 206 g/mol. The largest absolute Gasteiger partial charge is 0.388 e. The van der Waals surface area contributed by atoms with E-state index in [0.717, 1.165) is 11.3 Å². The third-order valence-electron chi connectivity index (χ3n) is 2.62. The van der Waals surface area contributed by atoms with Gasteiger partial charge in [0.25, 0.3) is 0 Å². The van der Waals surface area contributed by atoms with Crippen molar-refractivity contribution in [2.75, 3.05) is 24.3 Å². The standard InChI is InChI=1S/C11H13N3O2/c1-12-8-3-4-9-7(5-8)6-10(15)14(9)11(16)13-2/h3-5,12H,6H2,1-2H3,(H,13,16). The number of amides is 3. The van der Waals surface area contributed by atoms with Crippen molar-refractivity contribution < 1.29 is 9.59 Å². The summed E-state index contributed by atoms with van der Waals surface area (Å²) in [7, 11) is 3.32. The van der Waals surface area contributed by atoms with Gasteiger partial charge in [0.15, 0.2) is 0 Å². The molecule has 0 unspecified atom stereocenters. The minimum atomic E-state index is -0.388. The second kappa shape index (κ2) is 3.84. The number of hydrogen-bond donors (Lipinski definition) is 2. The van der Waals surface area contributed by atoms with Crippen LogP contribution in [0.25, 0.3) is 0 Å². The summed E-state index contributed by atoms with van der Waals surface area (Å²) >= 11 is 0. The predicted molar refractivity (Wildman–Crippen MR) is 61.6 cm³/mol. The quantitative estimate of drug-likeness (QED) is 0.739. The molecule has 16 heavy (non-hydrogen) atoms. The van der Waals surface area contributed by atoms with E-state index in [-0.39, 0.29) is 18.4 Å². The molecule has 3 amide bonds. The number of fused-ring (bicyclic) bond motifs is 1. The Balaban J connectivity index is 2.42. The molecule has 1 heterocycles. The molecule has 0 aliphatic carbocycles. The van der Waals surface area contributed by atoms with Crippen LogP contribution >= 0.6 is 0 Å². The van der Waals surface area contributed by atoms with Gasteiger partial charge in [0.1, 0.15) is 0 Å². The Morgan fingerprint density at radius 2 is 2.12 bits per heavy atom. The second-order valence-corrected chi connectivity index (χ2v) is 3.55. The first-order chi connectivity index (χ1) is 7.67. The maximum atomic E-state index is 11.7. The molecule has 2 N–H and O–H groups in total. The van der Waals surface area contributed by atoms with E-state index < -0.39 is 0 Å². The van der Waals surface area contributed by atoms with Gasteiger partial charge < -0.3 is 10.6 Å². The molecule has 0 saturated carbocycles. The fourth-order valence-corrected chi connectivity index (χ4v) is 1.81. The number of benzene rings is 1. The van der Waals surface area contributed by atoms with Crippen LogP contribution in [0, 0.1) is 0 Å². The smallest absolute Gasteiger partial charge is 0.328 e. The molecule has 2 rings (SSSR count). The molecule has 84 valence electrons. The highest BCUT2D eigenvalue weighted by molar-refractivity contribution is 6.18. The first kappa shape index (κ1) is 10.5. The predicted octanol–water partition coefficient (Wildman–Crippen LogP) is 0.957. The summed E-state index contributed by atoms with van der Waals surface area (Å²) in [6.45, 7) is 0. The molecule has 0 spiro atoms. The molecule has 0 bridgehead atoms. The summed E-state index contributed by atoms with van der Waals surface area (Å²) in [5.74, 6) is -0.192. The van der Waals surface area contributed by atoms with Gasteiger partial charge in [0, 0.05) is 19.8 Å². The molecule has 0 fully saturated rings. The van der Waals surface area contributed by atoms with Gasteiger partial charge in [0.05, 0.1) is 12.1 Å². The number of carbonyl (C=O) groups is 2. The first-order valence-corrected chi connectivity index (χ1v) is 5.02. The van der Waals surface area contributed by atoms with Crippen LogP contribution in [0.4, 0.5) is 16.2 Å². The SMILES string of the molecule is CNC(=O)N1C(=O)Cc2cc(NC)ccc21. The van der Waals surface area contributed by atoms with Gasteiger partial charge in [-0.25, -0.2) is 9.69 Å². The number of rotatable bonds is 1. The lowest BCUT2D eigenvalue weighted by atomic mass is 10.1. The monoisotopic (exact) mass is 219 g/mol. The Kier molecular flexibility index (Phi) is 2.52. The van der Waals surface area contributed by atoms with Crippen molar-refractivity contribution >= 4 is 23.3 Å². The third kappa shape index (κ3) is 1.50. The van der Waals surface area contributed by atoms with E-state index in [4.69, 9.17) is 0 Å². The van der Waals surface area contributed by atoms with Crippen LogP contribution in [0.1, 0.15) is 5.56 Å². The van der Waals surface area contributed by atoms with Crippen molar-refractivity contribution in [1.29, 1.82) is 0 Å². The van der Waals surface area contributed by atoms with Gasteiger partial charge in [-0.05, 0) is 23.8 Å². The number of nitrogens with zero attached hydrogens (tertiary/aromatic N) is 1. The van der Waals surface area contributed by atoms with E-state index in [0.29, 0.717) is 5.69 Å². The molecule has 1 aliphatic heterocycles. The van der Waals surface area contributed by atoms with Crippen LogP contribution < -0.4 is 15.5 Å². The molecule has 1 aromatic rings. The summed E-state index contributed by atoms with van der Waals surface area (Å²) in [6.07, 6.45) is 0.276. The van der Waals surface area contributed by atoms with E-state index in [9.17, 15) is 9.59 Å². The zero-order chi connectivity index (χ0) is 11.7. The van der Waals surface area contributed by atoms with Crippen molar-refractivity contribution in [2.24, 2.45) is 0 Å². The van der Waals surface area contributed by atoms with Crippen LogP contribution in [-0.2, 0) is 11.2 Å². The van der Waals surface area contributed by atoms with Crippen molar-refractivity contribution in [3.8, 4) is 0 Å². The zero-order valence-corrected chi connectivity index (χ0v) is 9.20. The van der Waals surface area contributed by atoms with Crippen molar-refractivity contribution in [3.05, 3.63) is 23.8 Å². The van der Waals surface area contributed by atoms with E-state index in [2.05, 4.69) is 10.6 Å². The first-order valence-electron chi connectivity index (χ1n) is 5.02. The number of nitrogens with one attached hydrogen (secondary N) is 2. The van der Waals surface area contributed by atoms with E-state index in [1.807, 2.05) is 19.2 Å². The molecule has 1 aliphatic rings. The molecule has 0 saturated heterocycles.